The van der Waals surface area contributed by atoms with E-state index in [1.165, 1.54) is 24.3 Å². The molecule has 0 fully saturated rings. The minimum absolute atomic E-state index is 0.0366. The second-order valence-electron chi connectivity index (χ2n) is 4.87. The second-order valence-corrected chi connectivity index (χ2v) is 4.87. The van der Waals surface area contributed by atoms with Gasteiger partial charge in [0, 0.05) is 12.1 Å². The zero-order valence-corrected chi connectivity index (χ0v) is 14.0. The predicted octanol–water partition coefficient (Wildman–Crippen LogP) is 2.30. The lowest BCUT2D eigenvalue weighted by atomic mass is 10.3. The highest BCUT2D eigenvalue weighted by atomic mass is 16.6. The highest BCUT2D eigenvalue weighted by Gasteiger charge is 2.14. The van der Waals surface area contributed by atoms with E-state index < -0.39 is 29.1 Å². The molecule has 0 N–H and O–H groups in total. The summed E-state index contributed by atoms with van der Waals surface area (Å²) >= 11 is 0. The van der Waals surface area contributed by atoms with Gasteiger partial charge in [-0.2, -0.15) is 10.2 Å². The van der Waals surface area contributed by atoms with Crippen LogP contribution in [0.25, 0.3) is 0 Å². The van der Waals surface area contributed by atoms with Gasteiger partial charge in [-0.25, -0.2) is 4.79 Å². The van der Waals surface area contributed by atoms with Crippen molar-refractivity contribution in [2.24, 2.45) is 10.2 Å². The molecule has 0 aliphatic rings. The van der Waals surface area contributed by atoms with Crippen LogP contribution in [-0.4, -0.2) is 42.4 Å². The van der Waals surface area contributed by atoms with Gasteiger partial charge in [-0.15, -0.1) is 0 Å². The maximum Gasteiger partial charge on any atom is 0.336 e. The summed E-state index contributed by atoms with van der Waals surface area (Å²) < 4.78 is 9.42. The summed E-state index contributed by atoms with van der Waals surface area (Å²) in [5.74, 6) is -2.04. The van der Waals surface area contributed by atoms with Gasteiger partial charge in [-0.3, -0.25) is 19.7 Å². The Morgan fingerprint density at radius 3 is 2.42 bits per heavy atom. The van der Waals surface area contributed by atoms with E-state index in [9.17, 15) is 24.5 Å². The number of benzene rings is 1. The molecule has 0 aliphatic carbocycles. The highest BCUT2D eigenvalue weighted by Crippen LogP contribution is 2.18. The normalized spacial score (nSPS) is 10.3. The summed E-state index contributed by atoms with van der Waals surface area (Å²) in [7, 11) is 0. The molecule has 1 rings (SSSR count). The van der Waals surface area contributed by atoms with Crippen molar-refractivity contribution >= 4 is 29.1 Å². The Kier molecular flexibility index (Phi) is 8.28. The van der Waals surface area contributed by atoms with Crippen molar-refractivity contribution in [2.45, 2.75) is 13.3 Å². The Balaban J connectivity index is 2.37. The summed E-state index contributed by atoms with van der Waals surface area (Å²) in [6.45, 7) is 4.49. The van der Waals surface area contributed by atoms with Crippen LogP contribution in [0.2, 0.25) is 0 Å². The average molecular weight is 363 g/mol. The monoisotopic (exact) mass is 363 g/mol. The van der Waals surface area contributed by atoms with E-state index in [4.69, 9.17) is 4.74 Å². The van der Waals surface area contributed by atoms with Crippen LogP contribution in [0.3, 0.4) is 0 Å². The number of carbonyl (C=O) groups is 3. The minimum atomic E-state index is -0.828. The van der Waals surface area contributed by atoms with Crippen molar-refractivity contribution in [3.63, 3.8) is 0 Å². The number of Topliss-reactive ketones (excluding diaryl/α,β-unsaturated/α-hetero) is 1. The van der Waals surface area contributed by atoms with E-state index in [-0.39, 0.29) is 31.0 Å². The van der Waals surface area contributed by atoms with E-state index in [1.54, 1.807) is 6.92 Å². The van der Waals surface area contributed by atoms with Crippen LogP contribution >= 0.6 is 0 Å². The molecule has 1 aromatic rings. The fourth-order valence-corrected chi connectivity index (χ4v) is 1.56. The number of esters is 2. The Morgan fingerprint density at radius 1 is 1.19 bits per heavy atom. The van der Waals surface area contributed by atoms with Gasteiger partial charge in [-0.05, 0) is 19.1 Å². The van der Waals surface area contributed by atoms with Gasteiger partial charge >= 0.3 is 11.9 Å². The first-order chi connectivity index (χ1) is 12.3. The van der Waals surface area contributed by atoms with Crippen LogP contribution in [0.15, 0.2) is 46.6 Å². The molecule has 0 unspecified atom stereocenters. The zero-order chi connectivity index (χ0) is 19.5. The number of nitrogens with zero attached hydrogens (tertiary/aromatic N) is 3. The van der Waals surface area contributed by atoms with Gasteiger partial charge in [0.25, 0.3) is 5.69 Å². The van der Waals surface area contributed by atoms with Crippen LogP contribution in [0.4, 0.5) is 11.4 Å². The zero-order valence-electron chi connectivity index (χ0n) is 14.0. The number of ether oxygens (including phenoxy) is 2. The molecule has 10 nitrogen and oxygen atoms in total. The largest absolute Gasteiger partial charge is 0.463 e. The maximum absolute atomic E-state index is 11.6. The van der Waals surface area contributed by atoms with Gasteiger partial charge in [0.1, 0.15) is 19.6 Å². The molecule has 0 spiro atoms. The molecule has 138 valence electrons. The van der Waals surface area contributed by atoms with Crippen molar-refractivity contribution in [1.82, 2.24) is 0 Å². The van der Waals surface area contributed by atoms with Crippen LogP contribution in [0, 0.1) is 10.1 Å². The molecule has 0 saturated carbocycles. The molecule has 0 aliphatic heterocycles. The Hall–Kier alpha value is -3.43. The fraction of sp³-hybridized carbons (Fsp3) is 0.312. The molecule has 0 atom stereocenters. The lowest BCUT2D eigenvalue weighted by molar-refractivity contribution is -0.384. The van der Waals surface area contributed by atoms with Gasteiger partial charge in [0.2, 0.25) is 0 Å². The number of hydrogen-bond donors (Lipinski definition) is 0. The maximum atomic E-state index is 11.6. The standard InChI is InChI=1S/C16H17N3O7/c1-3-25-16(22)11(2)10-26-15(21)8-14(20)9-17-18-12-4-6-13(7-5-12)19(23)24/h4-7H,2-3,8-10H2,1H3. The first-order valence-electron chi connectivity index (χ1n) is 7.47. The Morgan fingerprint density at radius 2 is 1.85 bits per heavy atom. The van der Waals surface area contributed by atoms with Crippen LogP contribution in [-0.2, 0) is 23.9 Å². The summed E-state index contributed by atoms with van der Waals surface area (Å²) in [5.41, 5.74) is 0.203. The second kappa shape index (κ2) is 10.4. The third-order valence-corrected chi connectivity index (χ3v) is 2.81. The van der Waals surface area contributed by atoms with Crippen molar-refractivity contribution in [3.8, 4) is 0 Å². The first-order valence-corrected chi connectivity index (χ1v) is 7.47. The van der Waals surface area contributed by atoms with Gasteiger partial charge < -0.3 is 9.47 Å². The van der Waals surface area contributed by atoms with Gasteiger partial charge in [-0.1, -0.05) is 6.58 Å². The number of ketones is 1. The van der Waals surface area contributed by atoms with E-state index in [2.05, 4.69) is 21.5 Å². The Labute approximate surface area is 148 Å². The summed E-state index contributed by atoms with van der Waals surface area (Å²) in [4.78, 5) is 44.3. The summed E-state index contributed by atoms with van der Waals surface area (Å²) in [6.07, 6.45) is -0.532. The highest BCUT2D eigenvalue weighted by molar-refractivity contribution is 5.97. The molecule has 1 aromatic carbocycles. The topological polar surface area (TPSA) is 138 Å². The SMILES string of the molecule is C=C(COC(=O)CC(=O)CN=Nc1ccc([N+](=O)[O-])cc1)C(=O)OCC. The predicted molar refractivity (Wildman–Crippen MR) is 88.8 cm³/mol. The molecular weight excluding hydrogens is 346 g/mol. The number of carbonyl (C=O) groups excluding carboxylic acids is 3. The van der Waals surface area contributed by atoms with Crippen molar-refractivity contribution in [1.29, 1.82) is 0 Å². The Bertz CT molecular complexity index is 726. The number of non-ortho nitro benzene ring substituents is 1. The van der Waals surface area contributed by atoms with Crippen LogP contribution in [0.1, 0.15) is 13.3 Å². The van der Waals surface area contributed by atoms with Gasteiger partial charge in [0.15, 0.2) is 5.78 Å². The molecule has 0 bridgehead atoms. The van der Waals surface area contributed by atoms with E-state index in [1.807, 2.05) is 0 Å². The van der Waals surface area contributed by atoms with Crippen molar-refractivity contribution in [2.75, 3.05) is 19.8 Å². The molecule has 0 radical (unpaired) electrons. The number of rotatable bonds is 10. The fourth-order valence-electron chi connectivity index (χ4n) is 1.56. The van der Waals surface area contributed by atoms with Crippen LogP contribution in [0.5, 0.6) is 0 Å². The molecule has 0 aromatic heterocycles. The summed E-state index contributed by atoms with van der Waals surface area (Å²) in [6, 6.07) is 5.26. The average Bonchev–Trinajstić information content (AvgIpc) is 2.60. The molecule has 0 heterocycles. The third-order valence-electron chi connectivity index (χ3n) is 2.81. The quantitative estimate of drug-likeness (QED) is 0.155. The molecule has 26 heavy (non-hydrogen) atoms. The van der Waals surface area contributed by atoms with Crippen LogP contribution < -0.4 is 0 Å². The number of hydrogen-bond acceptors (Lipinski definition) is 9. The molecular formula is C16H17N3O7. The lowest BCUT2D eigenvalue weighted by Crippen LogP contribution is -2.17. The van der Waals surface area contributed by atoms with E-state index in [0.717, 1.165) is 0 Å². The minimum Gasteiger partial charge on any atom is -0.463 e. The van der Waals surface area contributed by atoms with Gasteiger partial charge in [0.05, 0.1) is 22.8 Å². The van der Waals surface area contributed by atoms with E-state index >= 15 is 0 Å². The lowest BCUT2D eigenvalue weighted by Gasteiger charge is -2.06. The number of nitro benzene ring substituents is 1. The number of azo groups is 1. The molecule has 0 amide bonds. The first kappa shape index (κ1) is 20.6. The number of nitro groups is 1. The smallest absolute Gasteiger partial charge is 0.336 e. The molecule has 10 heteroatoms. The van der Waals surface area contributed by atoms with E-state index in [0.29, 0.717) is 5.69 Å². The summed E-state index contributed by atoms with van der Waals surface area (Å²) in [5, 5.41) is 17.9. The van der Waals surface area contributed by atoms with Crippen molar-refractivity contribution in [3.05, 3.63) is 46.5 Å². The third kappa shape index (κ3) is 7.43. The van der Waals surface area contributed by atoms with Crippen molar-refractivity contribution < 1.29 is 28.8 Å². The molecule has 0 saturated heterocycles.